The Morgan fingerprint density at radius 3 is 1.50 bits per heavy atom. The van der Waals surface area contributed by atoms with E-state index in [0.29, 0.717) is 0 Å². The van der Waals surface area contributed by atoms with Crippen molar-refractivity contribution >= 4 is 18.3 Å². The molecule has 0 aliphatic carbocycles. The summed E-state index contributed by atoms with van der Waals surface area (Å²) in [5.74, 6) is 0. The highest BCUT2D eigenvalue weighted by Crippen LogP contribution is 2.01. The Morgan fingerprint density at radius 1 is 1.33 bits per heavy atom. The molecule has 0 aliphatic heterocycles. The monoisotopic (exact) mass is 116 g/mol. The van der Waals surface area contributed by atoms with E-state index in [9.17, 15) is 0 Å². The van der Waals surface area contributed by atoms with Gasteiger partial charge in [-0.05, 0) is 0 Å². The molecule has 0 N–H and O–H groups in total. The van der Waals surface area contributed by atoms with Crippen molar-refractivity contribution in [3.63, 3.8) is 0 Å². The average Bonchev–Trinajstić information content (AvgIpc) is 1.35. The fraction of sp³-hybridized carbons (Fsp3) is 1.00. The zero-order chi connectivity index (χ0) is 5.21. The predicted molar refractivity (Wildman–Crippen MR) is 35.3 cm³/mol. The van der Waals surface area contributed by atoms with Gasteiger partial charge in [0.1, 0.15) is 0 Å². The molecule has 0 atom stereocenters. The van der Waals surface area contributed by atoms with Crippen LogP contribution in [0.25, 0.3) is 0 Å². The molecule has 0 saturated carbocycles. The molecule has 0 unspecified atom stereocenters. The van der Waals surface area contributed by atoms with Crippen LogP contribution < -0.4 is 0 Å². The van der Waals surface area contributed by atoms with Gasteiger partial charge in [0.05, 0.1) is 0 Å². The van der Waals surface area contributed by atoms with Gasteiger partial charge in [-0.15, -0.1) is 0 Å². The zero-order valence-electron chi connectivity index (χ0n) is 4.78. The topological polar surface area (TPSA) is 0 Å². The van der Waals surface area contributed by atoms with E-state index in [1.54, 1.807) is 0 Å². The molecule has 6 heavy (non-hydrogen) atoms. The molecule has 0 aromatic carbocycles. The van der Waals surface area contributed by atoms with Gasteiger partial charge in [0.15, 0.2) is 0 Å². The van der Waals surface area contributed by atoms with Crippen LogP contribution in [-0.2, 0) is 0 Å². The van der Waals surface area contributed by atoms with Crippen molar-refractivity contribution in [1.82, 2.24) is 0 Å². The first-order valence-corrected chi connectivity index (χ1v) is 6.79. The van der Waals surface area contributed by atoms with Crippen LogP contribution >= 0.6 is 0 Å². The molecule has 2 heteroatoms. The van der Waals surface area contributed by atoms with E-state index in [-0.39, 0.29) is 0 Å². The third-order valence-electron chi connectivity index (χ3n) is 0.612. The van der Waals surface area contributed by atoms with Crippen molar-refractivity contribution in [2.24, 2.45) is 0 Å². The smallest absolute Gasteiger partial charge is 0.0409 e. The summed E-state index contributed by atoms with van der Waals surface area (Å²) in [6, 6.07) is 0. The van der Waals surface area contributed by atoms with Crippen LogP contribution in [0.3, 0.4) is 0 Å². The van der Waals surface area contributed by atoms with E-state index in [1.165, 1.54) is 5.67 Å². The summed E-state index contributed by atoms with van der Waals surface area (Å²) in [5, 5.41) is 0. The van der Waals surface area contributed by atoms with E-state index in [0.717, 1.165) is 0 Å². The van der Waals surface area contributed by atoms with Crippen LogP contribution in [0.2, 0.25) is 25.3 Å². The van der Waals surface area contributed by atoms with Gasteiger partial charge in [0.2, 0.25) is 0 Å². The summed E-state index contributed by atoms with van der Waals surface area (Å²) < 4.78 is 0. The standard InChI is InChI=1S/C4H12Si2/c1-6(2,3)4-5/h5H,4H2,1-3H3. The molecule has 0 aliphatic rings. The minimum absolute atomic E-state index is 0.668. The normalized spacial score (nSPS) is 12.0. The Morgan fingerprint density at radius 2 is 1.50 bits per heavy atom. The first kappa shape index (κ1) is 6.43. The zero-order valence-corrected chi connectivity index (χ0v) is 6.94. The highest BCUT2D eigenvalue weighted by Gasteiger charge is 2.06. The van der Waals surface area contributed by atoms with Gasteiger partial charge in [-0.25, -0.2) is 0 Å². The maximum absolute atomic E-state index is 2.79. The Kier molecular flexibility index (Phi) is 2.07. The molecule has 0 nitrogen and oxygen atoms in total. The first-order valence-electron chi connectivity index (χ1n) is 2.26. The van der Waals surface area contributed by atoms with Gasteiger partial charge in [0.25, 0.3) is 0 Å². The second kappa shape index (κ2) is 1.93. The molecule has 2 radical (unpaired) electrons. The van der Waals surface area contributed by atoms with Crippen molar-refractivity contribution in [1.29, 1.82) is 0 Å². The molecule has 0 heterocycles. The van der Waals surface area contributed by atoms with Crippen LogP contribution in [0.1, 0.15) is 0 Å². The van der Waals surface area contributed by atoms with E-state index < -0.39 is 8.07 Å². The molecular weight excluding hydrogens is 104 g/mol. The molecule has 0 amide bonds. The van der Waals surface area contributed by atoms with Crippen LogP contribution in [0.5, 0.6) is 0 Å². The first-order chi connectivity index (χ1) is 2.56. The van der Waals surface area contributed by atoms with Gasteiger partial charge < -0.3 is 0 Å². The lowest BCUT2D eigenvalue weighted by molar-refractivity contribution is 1.65. The van der Waals surface area contributed by atoms with Crippen LogP contribution in [0.4, 0.5) is 0 Å². The molecule has 0 fully saturated rings. The molecule has 0 saturated heterocycles. The third-order valence-corrected chi connectivity index (χ3v) is 5.51. The summed E-state index contributed by atoms with van der Waals surface area (Å²) in [4.78, 5) is 0. The molecule has 36 valence electrons. The molecular formula is C4H12Si2. The van der Waals surface area contributed by atoms with E-state index >= 15 is 0 Å². The summed E-state index contributed by atoms with van der Waals surface area (Å²) in [7, 11) is 2.12. The Balaban J connectivity index is 3.17. The van der Waals surface area contributed by atoms with Gasteiger partial charge in [0, 0.05) is 18.3 Å². The van der Waals surface area contributed by atoms with Gasteiger partial charge in [-0.2, -0.15) is 0 Å². The Labute approximate surface area is 44.4 Å². The minimum atomic E-state index is -0.668. The quantitative estimate of drug-likeness (QED) is 0.451. The van der Waals surface area contributed by atoms with Gasteiger partial charge >= 0.3 is 0 Å². The highest BCUT2D eigenvalue weighted by molar-refractivity contribution is 6.80. The lowest BCUT2D eigenvalue weighted by Crippen LogP contribution is -2.18. The Bertz CT molecular complexity index is 35.3. The average molecular weight is 116 g/mol. The van der Waals surface area contributed by atoms with Crippen LogP contribution in [0, 0.1) is 0 Å². The van der Waals surface area contributed by atoms with Gasteiger partial charge in [-0.1, -0.05) is 25.3 Å². The lowest BCUT2D eigenvalue weighted by atomic mass is 11.8. The number of rotatable bonds is 1. The summed E-state index contributed by atoms with van der Waals surface area (Å²) >= 11 is 0. The molecule has 0 bridgehead atoms. The van der Waals surface area contributed by atoms with E-state index in [2.05, 4.69) is 29.9 Å². The van der Waals surface area contributed by atoms with E-state index in [4.69, 9.17) is 0 Å². The maximum atomic E-state index is 2.79. The summed E-state index contributed by atoms with van der Waals surface area (Å²) in [6.45, 7) is 7.08. The fourth-order valence-electron chi connectivity index (χ4n) is 0. The van der Waals surface area contributed by atoms with E-state index in [1.807, 2.05) is 0 Å². The maximum Gasteiger partial charge on any atom is 0.0409 e. The largest absolute Gasteiger partial charge is 0.0698 e. The molecule has 0 spiro atoms. The van der Waals surface area contributed by atoms with Crippen LogP contribution in [-0.4, -0.2) is 18.3 Å². The Hall–Kier alpha value is 0.434. The number of hydrogen-bond donors (Lipinski definition) is 0. The second-order valence-electron chi connectivity index (χ2n) is 2.76. The number of hydrogen-bond acceptors (Lipinski definition) is 0. The minimum Gasteiger partial charge on any atom is -0.0698 e. The molecule has 0 aromatic heterocycles. The summed E-state index contributed by atoms with van der Waals surface area (Å²) in [6.07, 6.45) is 0. The van der Waals surface area contributed by atoms with Crippen molar-refractivity contribution < 1.29 is 0 Å². The van der Waals surface area contributed by atoms with Crippen molar-refractivity contribution in [3.05, 3.63) is 0 Å². The van der Waals surface area contributed by atoms with Crippen molar-refractivity contribution in [2.45, 2.75) is 25.3 Å². The highest BCUT2D eigenvalue weighted by atomic mass is 28.4. The fourth-order valence-corrected chi connectivity index (χ4v) is 0. The van der Waals surface area contributed by atoms with Crippen LogP contribution in [0.15, 0.2) is 0 Å². The SMILES string of the molecule is C[Si](C)(C)C[SiH]. The molecule has 0 aromatic rings. The van der Waals surface area contributed by atoms with Gasteiger partial charge in [-0.3, -0.25) is 0 Å². The molecule has 0 rings (SSSR count). The summed E-state index contributed by atoms with van der Waals surface area (Å²) in [5.41, 5.74) is 1.33. The lowest BCUT2D eigenvalue weighted by Gasteiger charge is -2.09. The second-order valence-corrected chi connectivity index (χ2v) is 9.52. The third kappa shape index (κ3) is 4.43. The van der Waals surface area contributed by atoms with Crippen molar-refractivity contribution in [2.75, 3.05) is 0 Å². The predicted octanol–water partition coefficient (Wildman–Crippen LogP) is 1.18. The van der Waals surface area contributed by atoms with Crippen molar-refractivity contribution in [3.8, 4) is 0 Å².